The van der Waals surface area contributed by atoms with Crippen molar-refractivity contribution >= 4 is 17.3 Å². The van der Waals surface area contributed by atoms with Crippen molar-refractivity contribution in [2.24, 2.45) is 5.73 Å². The maximum Gasteiger partial charge on any atom is 0.318 e. The van der Waals surface area contributed by atoms with Crippen LogP contribution in [0.1, 0.15) is 22.9 Å². The van der Waals surface area contributed by atoms with Crippen molar-refractivity contribution < 1.29 is 9.53 Å². The van der Waals surface area contributed by atoms with E-state index in [-0.39, 0.29) is 12.5 Å². The lowest BCUT2D eigenvalue weighted by atomic mass is 9.76. The summed E-state index contributed by atoms with van der Waals surface area (Å²) in [5, 5.41) is 2.01. The molecule has 1 heterocycles. The first kappa shape index (κ1) is 15.7. The fourth-order valence-corrected chi connectivity index (χ4v) is 3.31. The molecular weight excluding hydrogens is 282 g/mol. The van der Waals surface area contributed by atoms with Crippen LogP contribution >= 0.6 is 11.3 Å². The Kier molecular flexibility index (Phi) is 5.15. The highest BCUT2D eigenvalue weighted by Gasteiger charge is 2.41. The van der Waals surface area contributed by atoms with Crippen LogP contribution < -0.4 is 5.73 Å². The van der Waals surface area contributed by atoms with Crippen molar-refractivity contribution in [3.8, 4) is 0 Å². The molecule has 4 heteroatoms. The quantitative estimate of drug-likeness (QED) is 0.834. The van der Waals surface area contributed by atoms with Gasteiger partial charge in [0.25, 0.3) is 0 Å². The lowest BCUT2D eigenvalue weighted by Crippen LogP contribution is -2.46. The molecule has 3 nitrogen and oxygen atoms in total. The Labute approximate surface area is 129 Å². The van der Waals surface area contributed by atoms with Gasteiger partial charge in [0.15, 0.2) is 0 Å². The highest BCUT2D eigenvalue weighted by atomic mass is 32.1. The maximum atomic E-state index is 12.6. The van der Waals surface area contributed by atoms with Crippen LogP contribution in [-0.4, -0.2) is 19.1 Å². The number of nitrogens with two attached hydrogens (primary N) is 1. The summed E-state index contributed by atoms with van der Waals surface area (Å²) in [4.78, 5) is 13.8. The van der Waals surface area contributed by atoms with Gasteiger partial charge < -0.3 is 10.5 Å². The van der Waals surface area contributed by atoms with Crippen molar-refractivity contribution in [3.63, 3.8) is 0 Å². The summed E-state index contributed by atoms with van der Waals surface area (Å²) in [6.45, 7) is 4.42. The third-order valence-electron chi connectivity index (χ3n) is 3.64. The molecule has 1 aromatic carbocycles. The Bertz CT molecular complexity index is 595. The van der Waals surface area contributed by atoms with Gasteiger partial charge in [0.2, 0.25) is 0 Å². The molecule has 2 N–H and O–H groups in total. The third kappa shape index (κ3) is 3.34. The van der Waals surface area contributed by atoms with Gasteiger partial charge in [-0.1, -0.05) is 35.9 Å². The molecule has 1 unspecified atom stereocenters. The smallest absolute Gasteiger partial charge is 0.318 e. The minimum absolute atomic E-state index is 0.229. The molecule has 21 heavy (non-hydrogen) atoms. The van der Waals surface area contributed by atoms with E-state index < -0.39 is 5.41 Å². The number of rotatable bonds is 6. The molecule has 1 aromatic heterocycles. The first-order valence-electron chi connectivity index (χ1n) is 7.09. The number of esters is 1. The molecule has 0 radical (unpaired) electrons. The zero-order valence-electron chi connectivity index (χ0n) is 12.5. The lowest BCUT2D eigenvalue weighted by molar-refractivity contribution is -0.149. The molecule has 0 aliphatic heterocycles. The van der Waals surface area contributed by atoms with Crippen LogP contribution in [0.15, 0.2) is 41.8 Å². The van der Waals surface area contributed by atoms with E-state index in [0.717, 1.165) is 16.0 Å². The Morgan fingerprint density at radius 3 is 2.71 bits per heavy atom. The standard InChI is InChI=1S/C17H21NO2S/c1-3-20-16(19)17(12-18,11-15-8-5-9-21-15)14-7-4-6-13(2)10-14/h4-10H,3,11-12,18H2,1-2H3. The minimum Gasteiger partial charge on any atom is -0.465 e. The van der Waals surface area contributed by atoms with E-state index >= 15 is 0 Å². The summed E-state index contributed by atoms with van der Waals surface area (Å²) in [7, 11) is 0. The number of aryl methyl sites for hydroxylation is 1. The number of hydrogen-bond acceptors (Lipinski definition) is 4. The predicted molar refractivity (Wildman–Crippen MR) is 86.6 cm³/mol. The van der Waals surface area contributed by atoms with Crippen molar-refractivity contribution in [3.05, 3.63) is 57.8 Å². The molecule has 0 saturated carbocycles. The molecule has 112 valence electrons. The van der Waals surface area contributed by atoms with Gasteiger partial charge in [0.1, 0.15) is 5.41 Å². The fourth-order valence-electron chi connectivity index (χ4n) is 2.49. The molecule has 0 saturated heterocycles. The second-order valence-corrected chi connectivity index (χ2v) is 6.16. The number of hydrogen-bond donors (Lipinski definition) is 1. The monoisotopic (exact) mass is 303 g/mol. The number of benzene rings is 1. The summed E-state index contributed by atoms with van der Waals surface area (Å²) in [6.07, 6.45) is 0.573. The molecule has 1 atom stereocenters. The predicted octanol–water partition coefficient (Wildman–Crippen LogP) is 3.06. The van der Waals surface area contributed by atoms with Crippen molar-refractivity contribution in [2.45, 2.75) is 25.7 Å². The number of thiophene rings is 1. The SMILES string of the molecule is CCOC(=O)C(CN)(Cc1cccs1)c1cccc(C)c1. The first-order chi connectivity index (χ1) is 10.1. The Balaban J connectivity index is 2.47. The maximum absolute atomic E-state index is 12.6. The topological polar surface area (TPSA) is 52.3 Å². The zero-order valence-corrected chi connectivity index (χ0v) is 13.3. The number of ether oxygens (including phenoxy) is 1. The molecule has 2 aromatic rings. The molecule has 0 spiro atoms. The summed E-state index contributed by atoms with van der Waals surface area (Å²) in [5.74, 6) is -0.244. The van der Waals surface area contributed by atoms with E-state index in [1.165, 1.54) is 0 Å². The van der Waals surface area contributed by atoms with E-state index in [1.807, 2.05) is 55.6 Å². The van der Waals surface area contributed by atoms with Crippen LogP contribution in [0, 0.1) is 6.92 Å². The summed E-state index contributed by atoms with van der Waals surface area (Å²) in [6, 6.07) is 12.0. The minimum atomic E-state index is -0.813. The second kappa shape index (κ2) is 6.87. The summed E-state index contributed by atoms with van der Waals surface area (Å²) in [5.41, 5.74) is 7.27. The first-order valence-corrected chi connectivity index (χ1v) is 7.97. The van der Waals surface area contributed by atoms with Crippen LogP contribution in [0.5, 0.6) is 0 Å². The highest BCUT2D eigenvalue weighted by molar-refractivity contribution is 7.09. The molecule has 0 aliphatic carbocycles. The molecule has 2 rings (SSSR count). The lowest BCUT2D eigenvalue weighted by Gasteiger charge is -2.30. The van der Waals surface area contributed by atoms with Crippen LogP contribution in [0.4, 0.5) is 0 Å². The molecule has 0 aliphatic rings. The Morgan fingerprint density at radius 1 is 1.33 bits per heavy atom. The van der Waals surface area contributed by atoms with Crippen LogP contribution in [0.3, 0.4) is 0 Å². The summed E-state index contributed by atoms with van der Waals surface area (Å²) >= 11 is 1.64. The second-order valence-electron chi connectivity index (χ2n) is 5.13. The van der Waals surface area contributed by atoms with Crippen LogP contribution in [0.25, 0.3) is 0 Å². The van der Waals surface area contributed by atoms with Gasteiger partial charge in [-0.2, -0.15) is 0 Å². The average molecular weight is 303 g/mol. The normalized spacial score (nSPS) is 13.7. The van der Waals surface area contributed by atoms with Crippen molar-refractivity contribution in [1.82, 2.24) is 0 Å². The van der Waals surface area contributed by atoms with E-state index in [4.69, 9.17) is 10.5 Å². The van der Waals surface area contributed by atoms with Crippen molar-refractivity contribution in [2.75, 3.05) is 13.2 Å². The van der Waals surface area contributed by atoms with Crippen LogP contribution in [-0.2, 0) is 21.4 Å². The zero-order chi connectivity index (χ0) is 15.3. The van der Waals surface area contributed by atoms with E-state index in [9.17, 15) is 4.79 Å². The number of carbonyl (C=O) groups is 1. The third-order valence-corrected chi connectivity index (χ3v) is 4.52. The number of carbonyl (C=O) groups excluding carboxylic acids is 1. The van der Waals surface area contributed by atoms with E-state index in [1.54, 1.807) is 11.3 Å². The van der Waals surface area contributed by atoms with Gasteiger partial charge in [-0.25, -0.2) is 0 Å². The summed E-state index contributed by atoms with van der Waals surface area (Å²) < 4.78 is 5.33. The van der Waals surface area contributed by atoms with E-state index in [2.05, 4.69) is 0 Å². The van der Waals surface area contributed by atoms with E-state index in [0.29, 0.717) is 13.0 Å². The van der Waals surface area contributed by atoms with Gasteiger partial charge in [0, 0.05) is 17.8 Å². The van der Waals surface area contributed by atoms with Crippen molar-refractivity contribution in [1.29, 1.82) is 0 Å². The van der Waals surface area contributed by atoms with Gasteiger partial charge in [-0.3, -0.25) is 4.79 Å². The molecule has 0 fully saturated rings. The van der Waals surface area contributed by atoms with Gasteiger partial charge in [-0.15, -0.1) is 11.3 Å². The van der Waals surface area contributed by atoms with Gasteiger partial charge in [-0.05, 0) is 30.9 Å². The molecule has 0 amide bonds. The van der Waals surface area contributed by atoms with Gasteiger partial charge in [0.05, 0.1) is 6.61 Å². The average Bonchev–Trinajstić information content (AvgIpc) is 2.98. The molecule has 0 bridgehead atoms. The Morgan fingerprint density at radius 2 is 2.14 bits per heavy atom. The van der Waals surface area contributed by atoms with Gasteiger partial charge >= 0.3 is 5.97 Å². The molecular formula is C17H21NO2S. The highest BCUT2D eigenvalue weighted by Crippen LogP contribution is 2.31. The largest absolute Gasteiger partial charge is 0.465 e. The fraction of sp³-hybridized carbons (Fsp3) is 0.353. The van der Waals surface area contributed by atoms with Crippen LogP contribution in [0.2, 0.25) is 0 Å². The Hall–Kier alpha value is -1.65.